The summed E-state index contributed by atoms with van der Waals surface area (Å²) in [4.78, 5) is 6.76. The molecule has 0 unspecified atom stereocenters. The van der Waals surface area contributed by atoms with Crippen LogP contribution in [0.2, 0.25) is 0 Å². The summed E-state index contributed by atoms with van der Waals surface area (Å²) in [6.45, 7) is 5.83. The van der Waals surface area contributed by atoms with Crippen LogP contribution in [0.4, 0.5) is 4.39 Å². The molecule has 2 N–H and O–H groups in total. The molecule has 1 aliphatic heterocycles. The van der Waals surface area contributed by atoms with E-state index in [0.29, 0.717) is 12.3 Å². The lowest BCUT2D eigenvalue weighted by molar-refractivity contribution is 0.121. The van der Waals surface area contributed by atoms with Crippen molar-refractivity contribution in [3.8, 4) is 0 Å². The van der Waals surface area contributed by atoms with Crippen LogP contribution in [0.3, 0.4) is 0 Å². The summed E-state index contributed by atoms with van der Waals surface area (Å²) < 4.78 is 19.8. The minimum atomic E-state index is -0.149. The number of nitrogens with zero attached hydrogens (tertiary/aromatic N) is 2. The SMILES string of the molecule is CN=C(NCCCc1ccc(Br)cc1F)NCC1CCN(CCOC)CC1. The first-order valence-electron chi connectivity index (χ1n) is 9.72. The molecule has 5 nitrogen and oxygen atoms in total. The molecule has 0 spiro atoms. The van der Waals surface area contributed by atoms with Crippen molar-refractivity contribution < 1.29 is 9.13 Å². The van der Waals surface area contributed by atoms with E-state index < -0.39 is 0 Å². The molecule has 27 heavy (non-hydrogen) atoms. The van der Waals surface area contributed by atoms with Crippen molar-refractivity contribution in [2.75, 3.05) is 53.5 Å². The number of guanidine groups is 1. The lowest BCUT2D eigenvalue weighted by Crippen LogP contribution is -2.43. The lowest BCUT2D eigenvalue weighted by Gasteiger charge is -2.32. The maximum atomic E-state index is 13.8. The standard InChI is InChI=1S/C20H32BrFN4O/c1-23-20(24-9-3-4-17-5-6-18(21)14-19(17)22)25-15-16-7-10-26(11-8-16)12-13-27-2/h5-6,14,16H,3-4,7-13,15H2,1-2H3,(H2,23,24,25). The molecule has 2 rings (SSSR count). The minimum absolute atomic E-state index is 0.149. The van der Waals surface area contributed by atoms with E-state index in [1.165, 1.54) is 18.9 Å². The van der Waals surface area contributed by atoms with Crippen LogP contribution in [0, 0.1) is 11.7 Å². The zero-order valence-electron chi connectivity index (χ0n) is 16.4. The lowest BCUT2D eigenvalue weighted by atomic mass is 9.97. The van der Waals surface area contributed by atoms with Crippen molar-refractivity contribution in [3.05, 3.63) is 34.1 Å². The van der Waals surface area contributed by atoms with Crippen LogP contribution >= 0.6 is 15.9 Å². The zero-order chi connectivity index (χ0) is 19.5. The highest BCUT2D eigenvalue weighted by molar-refractivity contribution is 9.10. The Bertz CT molecular complexity index is 591. The van der Waals surface area contributed by atoms with Gasteiger partial charge in [0, 0.05) is 38.3 Å². The zero-order valence-corrected chi connectivity index (χ0v) is 18.0. The highest BCUT2D eigenvalue weighted by Gasteiger charge is 2.18. The fraction of sp³-hybridized carbons (Fsp3) is 0.650. The topological polar surface area (TPSA) is 48.9 Å². The van der Waals surface area contributed by atoms with Crippen molar-refractivity contribution in [3.63, 3.8) is 0 Å². The molecular weight excluding hydrogens is 411 g/mol. The maximum absolute atomic E-state index is 13.8. The average molecular weight is 443 g/mol. The average Bonchev–Trinajstić information content (AvgIpc) is 2.68. The first-order valence-corrected chi connectivity index (χ1v) is 10.5. The summed E-state index contributed by atoms with van der Waals surface area (Å²) in [6, 6.07) is 5.24. The summed E-state index contributed by atoms with van der Waals surface area (Å²) in [5.74, 6) is 1.36. The number of ether oxygens (including phenoxy) is 1. The number of halogens is 2. The van der Waals surface area contributed by atoms with E-state index in [-0.39, 0.29) is 5.82 Å². The van der Waals surface area contributed by atoms with E-state index in [1.54, 1.807) is 14.2 Å². The molecule has 0 aromatic heterocycles. The predicted molar refractivity (Wildman–Crippen MR) is 113 cm³/mol. The van der Waals surface area contributed by atoms with E-state index in [2.05, 4.69) is 36.5 Å². The number of benzene rings is 1. The largest absolute Gasteiger partial charge is 0.383 e. The maximum Gasteiger partial charge on any atom is 0.190 e. The molecule has 1 aliphatic rings. The van der Waals surface area contributed by atoms with Gasteiger partial charge >= 0.3 is 0 Å². The second kappa shape index (κ2) is 12.3. The van der Waals surface area contributed by atoms with Gasteiger partial charge in [-0.3, -0.25) is 4.99 Å². The quantitative estimate of drug-likeness (QED) is 0.350. The van der Waals surface area contributed by atoms with Gasteiger partial charge in [-0.25, -0.2) is 4.39 Å². The van der Waals surface area contributed by atoms with E-state index in [9.17, 15) is 4.39 Å². The Morgan fingerprint density at radius 3 is 2.78 bits per heavy atom. The van der Waals surface area contributed by atoms with Crippen LogP contribution in [0.15, 0.2) is 27.7 Å². The molecular formula is C20H32BrFN4O. The fourth-order valence-electron chi connectivity index (χ4n) is 3.31. The monoisotopic (exact) mass is 442 g/mol. The van der Waals surface area contributed by atoms with Gasteiger partial charge in [0.25, 0.3) is 0 Å². The molecule has 0 saturated carbocycles. The summed E-state index contributed by atoms with van der Waals surface area (Å²) >= 11 is 3.29. The van der Waals surface area contributed by atoms with Crippen LogP contribution in [-0.2, 0) is 11.2 Å². The summed E-state index contributed by atoms with van der Waals surface area (Å²) in [7, 11) is 3.54. The third-order valence-electron chi connectivity index (χ3n) is 5.03. The van der Waals surface area contributed by atoms with Crippen molar-refractivity contribution in [1.29, 1.82) is 0 Å². The third kappa shape index (κ3) is 8.15. The fourth-order valence-corrected chi connectivity index (χ4v) is 3.64. The Morgan fingerprint density at radius 2 is 2.11 bits per heavy atom. The van der Waals surface area contributed by atoms with Gasteiger partial charge < -0.3 is 20.3 Å². The second-order valence-electron chi connectivity index (χ2n) is 7.00. The molecule has 152 valence electrons. The van der Waals surface area contributed by atoms with Gasteiger partial charge in [0.15, 0.2) is 5.96 Å². The Kier molecular flexibility index (Phi) is 10.1. The normalized spacial score (nSPS) is 16.5. The van der Waals surface area contributed by atoms with Crippen molar-refractivity contribution in [1.82, 2.24) is 15.5 Å². The minimum Gasteiger partial charge on any atom is -0.383 e. The van der Waals surface area contributed by atoms with Crippen LogP contribution in [0.1, 0.15) is 24.8 Å². The Morgan fingerprint density at radius 1 is 1.33 bits per heavy atom. The summed E-state index contributed by atoms with van der Waals surface area (Å²) in [5, 5.41) is 6.76. The van der Waals surface area contributed by atoms with Crippen molar-refractivity contribution in [2.45, 2.75) is 25.7 Å². The molecule has 1 saturated heterocycles. The number of hydrogen-bond donors (Lipinski definition) is 2. The van der Waals surface area contributed by atoms with Crippen LogP contribution in [-0.4, -0.2) is 64.3 Å². The first-order chi connectivity index (χ1) is 13.1. The molecule has 0 amide bonds. The van der Waals surface area contributed by atoms with E-state index >= 15 is 0 Å². The van der Waals surface area contributed by atoms with Gasteiger partial charge in [-0.15, -0.1) is 0 Å². The van der Waals surface area contributed by atoms with Crippen LogP contribution < -0.4 is 10.6 Å². The van der Waals surface area contributed by atoms with Crippen molar-refractivity contribution in [2.24, 2.45) is 10.9 Å². The third-order valence-corrected chi connectivity index (χ3v) is 5.52. The van der Waals surface area contributed by atoms with Gasteiger partial charge in [-0.05, 0) is 62.4 Å². The smallest absolute Gasteiger partial charge is 0.190 e. The molecule has 7 heteroatoms. The summed E-state index contributed by atoms with van der Waals surface area (Å²) in [6.07, 6.45) is 3.98. The summed E-state index contributed by atoms with van der Waals surface area (Å²) in [5.41, 5.74) is 0.753. The Hall–Kier alpha value is -1.18. The van der Waals surface area contributed by atoms with Crippen molar-refractivity contribution >= 4 is 21.9 Å². The number of rotatable bonds is 9. The molecule has 0 radical (unpaired) electrons. The Labute approximate surface area is 170 Å². The molecule has 1 aromatic carbocycles. The van der Waals surface area contributed by atoms with E-state index in [4.69, 9.17) is 4.74 Å². The van der Waals surface area contributed by atoms with Gasteiger partial charge in [-0.1, -0.05) is 22.0 Å². The first kappa shape index (κ1) is 22.1. The van der Waals surface area contributed by atoms with Gasteiger partial charge in [0.1, 0.15) is 5.82 Å². The molecule has 0 atom stereocenters. The number of hydrogen-bond acceptors (Lipinski definition) is 3. The molecule has 1 heterocycles. The number of nitrogens with one attached hydrogen (secondary N) is 2. The molecule has 1 fully saturated rings. The van der Waals surface area contributed by atoms with Gasteiger partial charge in [0.2, 0.25) is 0 Å². The van der Waals surface area contributed by atoms with E-state index in [1.807, 2.05) is 12.1 Å². The van der Waals surface area contributed by atoms with Crippen LogP contribution in [0.25, 0.3) is 0 Å². The number of piperidine rings is 1. The number of likely N-dealkylation sites (tertiary alicyclic amines) is 1. The predicted octanol–water partition coefficient (Wildman–Crippen LogP) is 3.04. The molecule has 1 aromatic rings. The van der Waals surface area contributed by atoms with Gasteiger partial charge in [-0.2, -0.15) is 0 Å². The molecule has 0 bridgehead atoms. The van der Waals surface area contributed by atoms with Gasteiger partial charge in [0.05, 0.1) is 6.61 Å². The number of aryl methyl sites for hydroxylation is 1. The second-order valence-corrected chi connectivity index (χ2v) is 7.91. The number of methoxy groups -OCH3 is 1. The highest BCUT2D eigenvalue weighted by atomic mass is 79.9. The highest BCUT2D eigenvalue weighted by Crippen LogP contribution is 2.17. The molecule has 0 aliphatic carbocycles. The van der Waals surface area contributed by atoms with Crippen LogP contribution in [0.5, 0.6) is 0 Å². The van der Waals surface area contributed by atoms with E-state index in [0.717, 1.165) is 61.7 Å². The Balaban J connectivity index is 1.61. The number of aliphatic imine (C=N–C) groups is 1.